The van der Waals surface area contributed by atoms with Gasteiger partial charge in [0.2, 0.25) is 5.95 Å². The van der Waals surface area contributed by atoms with E-state index in [1.54, 1.807) is 0 Å². The first-order chi connectivity index (χ1) is 13.7. The second-order valence-electron chi connectivity index (χ2n) is 6.92. The molecule has 0 unspecified atom stereocenters. The molecule has 1 amide bonds. The van der Waals surface area contributed by atoms with Crippen molar-refractivity contribution in [2.75, 3.05) is 11.9 Å². The minimum Gasteiger partial charge on any atom is -0.352 e. The Morgan fingerprint density at radius 2 is 1.86 bits per heavy atom. The highest BCUT2D eigenvalue weighted by atomic mass is 35.5. The summed E-state index contributed by atoms with van der Waals surface area (Å²) in [7, 11) is 0. The minimum absolute atomic E-state index is 0.228. The Kier molecular flexibility index (Phi) is 6.85. The fourth-order valence-electron chi connectivity index (χ4n) is 3.25. The lowest BCUT2D eigenvalue weighted by molar-refractivity contribution is -0.141. The Hall–Kier alpha value is -2.06. The standard InChI is InChI=1S/C19H19Cl2F3N4O/c20-14-7-6-12(8-15(14)21)27-18-26-10-13(16(28-18)19(22,23)24)17(29)25-9-11-4-2-1-3-5-11/h6-8,10-11H,1-5,9H2,(H,25,29)(H,26,27,28). The average molecular weight is 447 g/mol. The van der Waals surface area contributed by atoms with Gasteiger partial charge < -0.3 is 10.6 Å². The summed E-state index contributed by atoms with van der Waals surface area (Å²) in [6.45, 7) is 0.347. The predicted molar refractivity (Wildman–Crippen MR) is 106 cm³/mol. The van der Waals surface area contributed by atoms with Crippen molar-refractivity contribution >= 4 is 40.7 Å². The molecule has 0 aliphatic heterocycles. The van der Waals surface area contributed by atoms with Gasteiger partial charge in [-0.25, -0.2) is 9.97 Å². The number of anilines is 2. The number of benzene rings is 1. The van der Waals surface area contributed by atoms with Crippen LogP contribution in [-0.4, -0.2) is 22.4 Å². The van der Waals surface area contributed by atoms with Gasteiger partial charge in [-0.1, -0.05) is 42.5 Å². The van der Waals surface area contributed by atoms with Crippen LogP contribution in [0.3, 0.4) is 0 Å². The fraction of sp³-hybridized carbons (Fsp3) is 0.421. The van der Waals surface area contributed by atoms with Crippen LogP contribution in [0.25, 0.3) is 0 Å². The van der Waals surface area contributed by atoms with Crippen molar-refractivity contribution in [2.24, 2.45) is 5.92 Å². The van der Waals surface area contributed by atoms with Crippen LogP contribution in [0.15, 0.2) is 24.4 Å². The maximum Gasteiger partial charge on any atom is 0.434 e. The molecule has 0 saturated heterocycles. The van der Waals surface area contributed by atoms with Crippen LogP contribution in [-0.2, 0) is 6.18 Å². The van der Waals surface area contributed by atoms with Gasteiger partial charge in [0.25, 0.3) is 5.91 Å². The first-order valence-electron chi connectivity index (χ1n) is 9.18. The number of nitrogens with zero attached hydrogens (tertiary/aromatic N) is 2. The molecule has 156 valence electrons. The zero-order valence-electron chi connectivity index (χ0n) is 15.3. The van der Waals surface area contributed by atoms with Gasteiger partial charge >= 0.3 is 6.18 Å². The van der Waals surface area contributed by atoms with Gasteiger partial charge in [-0.15, -0.1) is 0 Å². The number of rotatable bonds is 5. The monoisotopic (exact) mass is 446 g/mol. The molecule has 0 spiro atoms. The number of amides is 1. The largest absolute Gasteiger partial charge is 0.434 e. The van der Waals surface area contributed by atoms with E-state index in [-0.39, 0.29) is 11.0 Å². The van der Waals surface area contributed by atoms with Gasteiger partial charge in [0.05, 0.1) is 15.6 Å². The van der Waals surface area contributed by atoms with Crippen molar-refractivity contribution in [3.8, 4) is 0 Å². The molecule has 0 atom stereocenters. The van der Waals surface area contributed by atoms with E-state index in [2.05, 4.69) is 20.6 Å². The van der Waals surface area contributed by atoms with Gasteiger partial charge in [0.15, 0.2) is 5.69 Å². The smallest absolute Gasteiger partial charge is 0.352 e. The second kappa shape index (κ2) is 9.17. The molecule has 10 heteroatoms. The summed E-state index contributed by atoms with van der Waals surface area (Å²) < 4.78 is 40.5. The first kappa shape index (κ1) is 21.6. The Bertz CT molecular complexity index is 886. The first-order valence-corrected chi connectivity index (χ1v) is 9.94. The summed E-state index contributed by atoms with van der Waals surface area (Å²) in [5.74, 6) is -0.845. The van der Waals surface area contributed by atoms with Gasteiger partial charge in [0.1, 0.15) is 0 Å². The van der Waals surface area contributed by atoms with Crippen LogP contribution in [0, 0.1) is 5.92 Å². The van der Waals surface area contributed by atoms with Crippen molar-refractivity contribution < 1.29 is 18.0 Å². The van der Waals surface area contributed by atoms with Gasteiger partial charge in [0, 0.05) is 18.4 Å². The minimum atomic E-state index is -4.81. The normalized spacial score (nSPS) is 15.2. The molecule has 1 fully saturated rings. The molecule has 2 aromatic rings. The molecule has 2 N–H and O–H groups in total. The van der Waals surface area contributed by atoms with Gasteiger partial charge in [-0.2, -0.15) is 13.2 Å². The number of hydrogen-bond donors (Lipinski definition) is 2. The molecule has 3 rings (SSSR count). The third kappa shape index (κ3) is 5.73. The summed E-state index contributed by atoms with van der Waals surface area (Å²) in [6, 6.07) is 4.45. The highest BCUT2D eigenvalue weighted by Gasteiger charge is 2.38. The molecule has 1 aromatic carbocycles. The highest BCUT2D eigenvalue weighted by Crippen LogP contribution is 2.32. The van der Waals surface area contributed by atoms with E-state index in [0.29, 0.717) is 23.2 Å². The Balaban J connectivity index is 1.78. The molecule has 1 saturated carbocycles. The summed E-state index contributed by atoms with van der Waals surface area (Å²) in [5.41, 5.74) is -1.54. The number of alkyl halides is 3. The topological polar surface area (TPSA) is 66.9 Å². The quantitative estimate of drug-likeness (QED) is 0.603. The maximum atomic E-state index is 13.5. The number of hydrogen-bond acceptors (Lipinski definition) is 4. The second-order valence-corrected chi connectivity index (χ2v) is 7.74. The van der Waals surface area contributed by atoms with Gasteiger partial charge in [-0.05, 0) is 37.0 Å². The molecule has 1 heterocycles. The third-order valence-electron chi connectivity index (χ3n) is 4.75. The van der Waals surface area contributed by atoms with E-state index in [1.165, 1.54) is 18.2 Å². The summed E-state index contributed by atoms with van der Waals surface area (Å²) in [6.07, 6.45) is 1.31. The highest BCUT2D eigenvalue weighted by molar-refractivity contribution is 6.42. The van der Waals surface area contributed by atoms with Crippen LogP contribution in [0.2, 0.25) is 10.0 Å². The van der Waals surface area contributed by atoms with Crippen molar-refractivity contribution in [2.45, 2.75) is 38.3 Å². The van der Waals surface area contributed by atoms with Crippen molar-refractivity contribution in [3.63, 3.8) is 0 Å². The van der Waals surface area contributed by atoms with Crippen molar-refractivity contribution in [1.82, 2.24) is 15.3 Å². The van der Waals surface area contributed by atoms with Crippen LogP contribution >= 0.6 is 23.2 Å². The summed E-state index contributed by atoms with van der Waals surface area (Å²) in [5, 5.41) is 5.76. The summed E-state index contributed by atoms with van der Waals surface area (Å²) >= 11 is 11.7. The van der Waals surface area contributed by atoms with Crippen molar-refractivity contribution in [1.29, 1.82) is 0 Å². The average Bonchev–Trinajstić information content (AvgIpc) is 2.69. The molecule has 1 aliphatic carbocycles. The molecule has 0 radical (unpaired) electrons. The SMILES string of the molecule is O=C(NCC1CCCCC1)c1cnc(Nc2ccc(Cl)c(Cl)c2)nc1C(F)(F)F. The molecule has 5 nitrogen and oxygen atoms in total. The number of aromatic nitrogens is 2. The van der Waals surface area contributed by atoms with E-state index in [0.717, 1.165) is 38.3 Å². The van der Waals surface area contributed by atoms with Crippen molar-refractivity contribution in [3.05, 3.63) is 45.7 Å². The van der Waals surface area contributed by atoms with Gasteiger partial charge in [-0.3, -0.25) is 4.79 Å². The molecule has 1 aliphatic rings. The number of halogens is 5. The summed E-state index contributed by atoms with van der Waals surface area (Å²) in [4.78, 5) is 19.7. The Morgan fingerprint density at radius 3 is 2.52 bits per heavy atom. The molecule has 0 bridgehead atoms. The predicted octanol–water partition coefficient (Wildman–Crippen LogP) is 5.86. The third-order valence-corrected chi connectivity index (χ3v) is 5.49. The number of carbonyl (C=O) groups excluding carboxylic acids is 1. The lowest BCUT2D eigenvalue weighted by atomic mass is 9.89. The van der Waals surface area contributed by atoms with Crippen LogP contribution in [0.1, 0.15) is 48.2 Å². The Labute approximate surface area is 176 Å². The van der Waals surface area contributed by atoms with E-state index in [1.807, 2.05) is 0 Å². The van der Waals surface area contributed by atoms with E-state index >= 15 is 0 Å². The fourth-order valence-corrected chi connectivity index (χ4v) is 3.55. The molecule has 29 heavy (non-hydrogen) atoms. The molecular weight excluding hydrogens is 428 g/mol. The molecule has 1 aromatic heterocycles. The zero-order chi connectivity index (χ0) is 21.0. The van der Waals surface area contributed by atoms with E-state index in [9.17, 15) is 18.0 Å². The van der Waals surface area contributed by atoms with E-state index in [4.69, 9.17) is 23.2 Å². The van der Waals surface area contributed by atoms with Crippen LogP contribution in [0.5, 0.6) is 0 Å². The lowest BCUT2D eigenvalue weighted by Crippen LogP contribution is -2.32. The zero-order valence-corrected chi connectivity index (χ0v) is 16.8. The van der Waals surface area contributed by atoms with E-state index < -0.39 is 23.3 Å². The number of carbonyl (C=O) groups is 1. The number of nitrogens with one attached hydrogen (secondary N) is 2. The Morgan fingerprint density at radius 1 is 1.14 bits per heavy atom. The molecular formula is C19H19Cl2F3N4O. The lowest BCUT2D eigenvalue weighted by Gasteiger charge is -2.22. The van der Waals surface area contributed by atoms with Crippen LogP contribution < -0.4 is 10.6 Å². The van der Waals surface area contributed by atoms with Crippen LogP contribution in [0.4, 0.5) is 24.8 Å². The maximum absolute atomic E-state index is 13.5.